The quantitative estimate of drug-likeness (QED) is 0.812. The van der Waals surface area contributed by atoms with E-state index in [0.717, 1.165) is 38.5 Å². The summed E-state index contributed by atoms with van der Waals surface area (Å²) in [5.41, 5.74) is 0.887. The lowest BCUT2D eigenvalue weighted by Gasteiger charge is -2.59. The Labute approximate surface area is 145 Å². The lowest BCUT2D eigenvalue weighted by Crippen LogP contribution is -2.55. The van der Waals surface area contributed by atoms with Crippen molar-refractivity contribution in [3.05, 3.63) is 11.6 Å². The smallest absolute Gasteiger partial charge is 0.155 e. The fraction of sp³-hybridized carbons (Fsp3) is 0.857. The molecular formula is C21H32O3. The van der Waals surface area contributed by atoms with Gasteiger partial charge in [0.25, 0.3) is 0 Å². The highest BCUT2D eigenvalue weighted by Gasteiger charge is 2.63. The maximum Gasteiger partial charge on any atom is 0.155 e. The van der Waals surface area contributed by atoms with Crippen LogP contribution in [0.2, 0.25) is 0 Å². The van der Waals surface area contributed by atoms with E-state index >= 15 is 0 Å². The number of carbonyl (C=O) groups is 1. The monoisotopic (exact) mass is 332 g/mol. The molecule has 3 heteroatoms. The normalized spacial score (nSPS) is 50.8. The molecule has 0 bridgehead atoms. The SMILES string of the molecule is CC12CCC(=O)C=C1CCC1C2CCC2(C)C1CCC2(O)CCO. The first-order chi connectivity index (χ1) is 11.3. The summed E-state index contributed by atoms with van der Waals surface area (Å²) in [6.07, 6.45) is 10.6. The van der Waals surface area contributed by atoms with E-state index in [4.69, 9.17) is 0 Å². The van der Waals surface area contributed by atoms with Crippen LogP contribution in [0, 0.1) is 28.6 Å². The summed E-state index contributed by atoms with van der Waals surface area (Å²) in [4.78, 5) is 11.9. The van der Waals surface area contributed by atoms with Crippen LogP contribution in [0.3, 0.4) is 0 Å². The van der Waals surface area contributed by atoms with Gasteiger partial charge in [-0.2, -0.15) is 0 Å². The maximum atomic E-state index is 11.9. The number of aliphatic hydroxyl groups is 2. The van der Waals surface area contributed by atoms with Crippen LogP contribution in [0.5, 0.6) is 0 Å². The summed E-state index contributed by atoms with van der Waals surface area (Å²) >= 11 is 0. The van der Waals surface area contributed by atoms with Crippen LogP contribution in [0.4, 0.5) is 0 Å². The van der Waals surface area contributed by atoms with Crippen molar-refractivity contribution in [2.24, 2.45) is 28.6 Å². The second-order valence-corrected chi connectivity index (χ2v) is 9.47. The Bertz CT molecular complexity index is 582. The van der Waals surface area contributed by atoms with Crippen LogP contribution in [0.25, 0.3) is 0 Å². The highest BCUT2D eigenvalue weighted by Crippen LogP contribution is 2.67. The molecule has 4 aliphatic carbocycles. The predicted octanol–water partition coefficient (Wildman–Crippen LogP) is 3.63. The van der Waals surface area contributed by atoms with Crippen molar-refractivity contribution in [3.8, 4) is 0 Å². The first-order valence-electron chi connectivity index (χ1n) is 9.91. The molecule has 0 aliphatic heterocycles. The highest BCUT2D eigenvalue weighted by atomic mass is 16.3. The third-order valence-corrected chi connectivity index (χ3v) is 8.81. The average Bonchev–Trinajstić information content (AvgIpc) is 2.80. The van der Waals surface area contributed by atoms with Gasteiger partial charge in [-0.15, -0.1) is 0 Å². The van der Waals surface area contributed by atoms with Crippen molar-refractivity contribution in [3.63, 3.8) is 0 Å². The van der Waals surface area contributed by atoms with E-state index in [0.29, 0.717) is 36.4 Å². The highest BCUT2D eigenvalue weighted by molar-refractivity contribution is 5.91. The topological polar surface area (TPSA) is 57.5 Å². The summed E-state index contributed by atoms with van der Waals surface area (Å²) in [5.74, 6) is 2.23. The van der Waals surface area contributed by atoms with Gasteiger partial charge in [-0.3, -0.25) is 4.79 Å². The van der Waals surface area contributed by atoms with Crippen LogP contribution in [0.1, 0.15) is 71.6 Å². The van der Waals surface area contributed by atoms with Crippen molar-refractivity contribution < 1.29 is 15.0 Å². The summed E-state index contributed by atoms with van der Waals surface area (Å²) < 4.78 is 0. The standard InChI is InChI=1S/C21H32O3/c1-19-8-5-15(23)13-14(19)3-4-16-17(19)6-9-20(2)18(16)7-10-21(20,24)11-12-22/h13,16-18,22,24H,3-12H2,1-2H3. The molecule has 6 unspecified atom stereocenters. The number of ketones is 1. The van der Waals surface area contributed by atoms with Gasteiger partial charge in [0.1, 0.15) is 0 Å². The summed E-state index contributed by atoms with van der Waals surface area (Å²) in [6.45, 7) is 4.77. The first kappa shape index (κ1) is 16.8. The third kappa shape index (κ3) is 2.07. The Morgan fingerprint density at radius 3 is 2.58 bits per heavy atom. The summed E-state index contributed by atoms with van der Waals surface area (Å²) in [6, 6.07) is 0. The van der Waals surface area contributed by atoms with Crippen LogP contribution in [-0.4, -0.2) is 28.2 Å². The number of hydrogen-bond acceptors (Lipinski definition) is 3. The minimum absolute atomic E-state index is 0.0427. The lowest BCUT2D eigenvalue weighted by atomic mass is 9.46. The molecule has 6 atom stereocenters. The van der Waals surface area contributed by atoms with Crippen molar-refractivity contribution in [1.82, 2.24) is 0 Å². The predicted molar refractivity (Wildman–Crippen MR) is 93.4 cm³/mol. The van der Waals surface area contributed by atoms with Gasteiger partial charge in [-0.25, -0.2) is 0 Å². The molecule has 0 aromatic heterocycles. The number of hydrogen-bond donors (Lipinski definition) is 2. The second kappa shape index (κ2) is 5.41. The van der Waals surface area contributed by atoms with Gasteiger partial charge >= 0.3 is 0 Å². The molecule has 2 N–H and O–H groups in total. The summed E-state index contributed by atoms with van der Waals surface area (Å²) in [7, 11) is 0. The van der Waals surface area contributed by atoms with Gasteiger partial charge < -0.3 is 10.2 Å². The molecule has 3 nitrogen and oxygen atoms in total. The zero-order valence-electron chi connectivity index (χ0n) is 15.2. The van der Waals surface area contributed by atoms with Crippen LogP contribution in [0.15, 0.2) is 11.6 Å². The van der Waals surface area contributed by atoms with E-state index in [1.807, 2.05) is 6.08 Å². The van der Waals surface area contributed by atoms with E-state index in [1.54, 1.807) is 0 Å². The minimum Gasteiger partial charge on any atom is -0.396 e. The molecule has 0 spiro atoms. The van der Waals surface area contributed by atoms with Crippen molar-refractivity contribution in [2.45, 2.75) is 77.2 Å². The molecule has 0 aromatic rings. The Balaban J connectivity index is 1.66. The van der Waals surface area contributed by atoms with Gasteiger partial charge in [0.2, 0.25) is 0 Å². The molecule has 0 radical (unpaired) electrons. The molecule has 0 saturated heterocycles. The minimum atomic E-state index is -0.684. The summed E-state index contributed by atoms with van der Waals surface area (Å²) in [5, 5.41) is 20.7. The van der Waals surface area contributed by atoms with E-state index in [-0.39, 0.29) is 17.4 Å². The number of allylic oxidation sites excluding steroid dienone is 1. The fourth-order valence-electron chi connectivity index (χ4n) is 7.27. The fourth-order valence-corrected chi connectivity index (χ4v) is 7.27. The zero-order valence-corrected chi connectivity index (χ0v) is 15.2. The molecule has 24 heavy (non-hydrogen) atoms. The largest absolute Gasteiger partial charge is 0.396 e. The van der Waals surface area contributed by atoms with Crippen LogP contribution < -0.4 is 0 Å². The molecular weight excluding hydrogens is 300 g/mol. The molecule has 3 saturated carbocycles. The number of fused-ring (bicyclic) bond motifs is 5. The van der Waals surface area contributed by atoms with Gasteiger partial charge in [-0.1, -0.05) is 19.4 Å². The van der Waals surface area contributed by atoms with Crippen molar-refractivity contribution in [1.29, 1.82) is 0 Å². The van der Waals surface area contributed by atoms with Crippen molar-refractivity contribution >= 4 is 5.78 Å². The second-order valence-electron chi connectivity index (χ2n) is 9.47. The molecule has 4 aliphatic rings. The van der Waals surface area contributed by atoms with E-state index in [9.17, 15) is 15.0 Å². The third-order valence-electron chi connectivity index (χ3n) is 8.81. The maximum absolute atomic E-state index is 11.9. The van der Waals surface area contributed by atoms with Crippen molar-refractivity contribution in [2.75, 3.05) is 6.61 Å². The van der Waals surface area contributed by atoms with Gasteiger partial charge in [0.15, 0.2) is 5.78 Å². The Hall–Kier alpha value is -0.670. The number of carbonyl (C=O) groups excluding carboxylic acids is 1. The van der Waals surface area contributed by atoms with E-state index in [2.05, 4.69) is 13.8 Å². The zero-order chi connectivity index (χ0) is 17.2. The van der Waals surface area contributed by atoms with E-state index in [1.165, 1.54) is 12.0 Å². The lowest BCUT2D eigenvalue weighted by molar-refractivity contribution is -0.135. The van der Waals surface area contributed by atoms with Gasteiger partial charge in [0, 0.05) is 13.0 Å². The van der Waals surface area contributed by atoms with Gasteiger partial charge in [0.05, 0.1) is 5.60 Å². The molecule has 0 heterocycles. The molecule has 0 aromatic carbocycles. The Morgan fingerprint density at radius 2 is 1.83 bits per heavy atom. The Kier molecular flexibility index (Phi) is 3.78. The molecule has 4 rings (SSSR count). The van der Waals surface area contributed by atoms with E-state index < -0.39 is 5.60 Å². The van der Waals surface area contributed by atoms with Gasteiger partial charge in [-0.05, 0) is 86.0 Å². The number of aliphatic hydroxyl groups excluding tert-OH is 1. The Morgan fingerprint density at radius 1 is 1.08 bits per heavy atom. The average molecular weight is 332 g/mol. The molecule has 0 amide bonds. The first-order valence-corrected chi connectivity index (χ1v) is 9.91. The number of rotatable bonds is 2. The molecule has 3 fully saturated rings. The van der Waals surface area contributed by atoms with Crippen LogP contribution >= 0.6 is 0 Å². The molecule has 134 valence electrons. The van der Waals surface area contributed by atoms with Crippen LogP contribution in [-0.2, 0) is 4.79 Å².